The molecule has 0 bridgehead atoms. The van der Waals surface area contributed by atoms with Crippen LogP contribution in [0.5, 0.6) is 11.5 Å². The maximum Gasteiger partial charge on any atom is 0.243 e. The first-order valence-corrected chi connectivity index (χ1v) is 19.0. The number of fused-ring (bicyclic) bond motifs is 2. The fraction of sp³-hybridized carbons (Fsp3) is 0.611. The molecule has 5 atom stereocenters. The van der Waals surface area contributed by atoms with Gasteiger partial charge in [0.1, 0.15) is 6.09 Å². The molecule has 50 heavy (non-hydrogen) atoms. The number of rotatable bonds is 15. The van der Waals surface area contributed by atoms with Crippen LogP contribution in [0.15, 0.2) is 53.4 Å². The van der Waals surface area contributed by atoms with Gasteiger partial charge in [-0.2, -0.15) is 4.31 Å². The molecule has 2 amide bonds. The molecular weight excluding hydrogens is 666 g/mol. The summed E-state index contributed by atoms with van der Waals surface area (Å²) in [7, 11) is -4.27. The normalized spacial score (nSPS) is 23.2. The van der Waals surface area contributed by atoms with E-state index in [0.717, 1.165) is 36.1 Å². The molecule has 0 spiro atoms. The zero-order valence-corrected chi connectivity index (χ0v) is 29.5. The minimum absolute atomic E-state index is 0.0145. The van der Waals surface area contributed by atoms with Gasteiger partial charge in [0.05, 0.1) is 36.3 Å². The number of aliphatic hydroxyl groups excluding tert-OH is 1. The van der Waals surface area contributed by atoms with Crippen molar-refractivity contribution in [3.8, 4) is 11.5 Å². The van der Waals surface area contributed by atoms with Gasteiger partial charge in [0.15, 0.2) is 17.8 Å². The number of nitrogens with one attached hydrogen (secondary N) is 1. The van der Waals surface area contributed by atoms with E-state index in [1.807, 2.05) is 44.2 Å². The summed E-state index contributed by atoms with van der Waals surface area (Å²) < 4.78 is 52.5. The lowest BCUT2D eigenvalue weighted by Gasteiger charge is -2.43. The maximum absolute atomic E-state index is 14.5. The third kappa shape index (κ3) is 8.20. The zero-order valence-electron chi connectivity index (χ0n) is 28.7. The summed E-state index contributed by atoms with van der Waals surface area (Å²) in [5.41, 5.74) is 0.118. The maximum atomic E-state index is 14.5. The van der Waals surface area contributed by atoms with Crippen LogP contribution < -0.4 is 19.9 Å². The highest BCUT2D eigenvalue weighted by Crippen LogP contribution is 2.38. The average Bonchev–Trinajstić information content (AvgIpc) is 3.90. The lowest BCUT2D eigenvalue weighted by atomic mass is 9.88. The second kappa shape index (κ2) is 15.4. The SMILES string of the molecule is CC(C)(CCNC(=O)C1CCCC1)CN(C[C@@H](O)[C@H](Cc1ccccc1)N(C(=O)[O-])[C@H]1CO[C@H]2OCC[C@H]21)S(=O)(=O)c1ccc2c(c1)OCO2. The lowest BCUT2D eigenvalue weighted by Crippen LogP contribution is -2.61. The van der Waals surface area contributed by atoms with Crippen molar-refractivity contribution in [1.82, 2.24) is 14.5 Å². The summed E-state index contributed by atoms with van der Waals surface area (Å²) in [6.07, 6.45) is 1.52. The summed E-state index contributed by atoms with van der Waals surface area (Å²) >= 11 is 0. The number of amides is 2. The molecule has 13 nitrogen and oxygen atoms in total. The smallest absolute Gasteiger partial charge is 0.243 e. The van der Waals surface area contributed by atoms with E-state index in [2.05, 4.69) is 5.32 Å². The number of carboxylic acid groups (broad SMARTS) is 1. The lowest BCUT2D eigenvalue weighted by molar-refractivity contribution is -0.273. The van der Waals surface area contributed by atoms with Crippen LogP contribution in [-0.4, -0.2) is 98.8 Å². The largest absolute Gasteiger partial charge is 0.530 e. The van der Waals surface area contributed by atoms with Gasteiger partial charge in [0, 0.05) is 37.5 Å². The van der Waals surface area contributed by atoms with E-state index in [0.29, 0.717) is 37.5 Å². The predicted octanol–water partition coefficient (Wildman–Crippen LogP) is 2.51. The third-order valence-corrected chi connectivity index (χ3v) is 12.3. The summed E-state index contributed by atoms with van der Waals surface area (Å²) in [4.78, 5) is 26.7. The number of benzene rings is 2. The standard InChI is InChI=1S/C36H49N3O10S/c1-36(2,15-16-37-33(41)25-10-6-7-11-25)22-38(50(44,45)26-12-13-31-32(19-26)49-23-48-31)20-30(40)28(18-24-8-4-3-5-9-24)39(35(42)43)29-21-47-34-27(29)14-17-46-34/h3-5,8-9,12-13,19,25,27-30,34,40H,6-7,10-11,14-18,20-23H2,1-2H3,(H,37,41)(H,42,43)/p-1/t27-,28-,29-,30+,34+/m0/s1. The number of carbonyl (C=O) groups is 2. The zero-order chi connectivity index (χ0) is 35.5. The van der Waals surface area contributed by atoms with E-state index >= 15 is 0 Å². The molecule has 2 aromatic carbocycles. The first-order valence-electron chi connectivity index (χ1n) is 17.5. The van der Waals surface area contributed by atoms with Gasteiger partial charge in [0.2, 0.25) is 22.7 Å². The van der Waals surface area contributed by atoms with Crippen molar-refractivity contribution in [2.45, 2.75) is 88.2 Å². The predicted molar refractivity (Wildman–Crippen MR) is 179 cm³/mol. The van der Waals surface area contributed by atoms with Crippen LogP contribution in [-0.2, 0) is 30.7 Å². The van der Waals surface area contributed by atoms with Crippen molar-refractivity contribution in [2.24, 2.45) is 17.3 Å². The Balaban J connectivity index is 1.28. The Morgan fingerprint density at radius 2 is 1.78 bits per heavy atom. The van der Waals surface area contributed by atoms with Gasteiger partial charge in [-0.05, 0) is 55.2 Å². The summed E-state index contributed by atoms with van der Waals surface area (Å²) in [5, 5.41) is 28.0. The molecule has 2 N–H and O–H groups in total. The molecule has 1 aliphatic carbocycles. The van der Waals surface area contributed by atoms with E-state index in [9.17, 15) is 28.2 Å². The van der Waals surface area contributed by atoms with Gasteiger partial charge in [-0.3, -0.25) is 4.79 Å². The minimum Gasteiger partial charge on any atom is -0.530 e. The van der Waals surface area contributed by atoms with Gasteiger partial charge in [-0.15, -0.1) is 0 Å². The van der Waals surface area contributed by atoms with Gasteiger partial charge in [-0.25, -0.2) is 8.42 Å². The Bertz CT molecular complexity index is 1600. The summed E-state index contributed by atoms with van der Waals surface area (Å²) in [6, 6.07) is 11.8. The molecule has 3 fully saturated rings. The number of aliphatic hydroxyl groups is 1. The van der Waals surface area contributed by atoms with Crippen LogP contribution in [0.1, 0.15) is 57.9 Å². The number of hydrogen-bond acceptors (Lipinski definition) is 10. The van der Waals surface area contributed by atoms with E-state index in [1.165, 1.54) is 22.5 Å². The van der Waals surface area contributed by atoms with Crippen molar-refractivity contribution in [1.29, 1.82) is 0 Å². The van der Waals surface area contributed by atoms with Crippen LogP contribution in [0.2, 0.25) is 0 Å². The molecular formula is C36H48N3O10S-. The van der Waals surface area contributed by atoms with Crippen molar-refractivity contribution in [3.05, 3.63) is 54.1 Å². The Morgan fingerprint density at radius 1 is 1.04 bits per heavy atom. The van der Waals surface area contributed by atoms with Gasteiger partial charge < -0.3 is 44.2 Å². The van der Waals surface area contributed by atoms with Crippen molar-refractivity contribution < 1.29 is 47.2 Å². The number of hydrogen-bond donors (Lipinski definition) is 2. The van der Waals surface area contributed by atoms with Crippen LogP contribution in [0.25, 0.3) is 0 Å². The Hall–Kier alpha value is -3.43. The van der Waals surface area contributed by atoms with Crippen LogP contribution in [0, 0.1) is 17.3 Å². The fourth-order valence-electron chi connectivity index (χ4n) is 7.70. The molecule has 2 saturated heterocycles. The molecule has 6 rings (SSSR count). The first-order chi connectivity index (χ1) is 23.9. The second-order valence-corrected chi connectivity index (χ2v) is 16.5. The van der Waals surface area contributed by atoms with Gasteiger partial charge in [-0.1, -0.05) is 57.0 Å². The van der Waals surface area contributed by atoms with E-state index < -0.39 is 52.6 Å². The molecule has 0 unspecified atom stereocenters. The first kappa shape index (κ1) is 36.4. The van der Waals surface area contributed by atoms with E-state index in [4.69, 9.17) is 18.9 Å². The van der Waals surface area contributed by atoms with E-state index in [-0.39, 0.29) is 49.0 Å². The van der Waals surface area contributed by atoms with Crippen molar-refractivity contribution in [2.75, 3.05) is 39.6 Å². The molecule has 3 aliphatic heterocycles. The number of nitrogens with zero attached hydrogens (tertiary/aromatic N) is 2. The number of ether oxygens (including phenoxy) is 4. The van der Waals surface area contributed by atoms with Crippen LogP contribution in [0.4, 0.5) is 4.79 Å². The highest BCUT2D eigenvalue weighted by molar-refractivity contribution is 7.89. The third-order valence-electron chi connectivity index (χ3n) is 10.5. The van der Waals surface area contributed by atoms with Gasteiger partial charge >= 0.3 is 0 Å². The average molecular weight is 715 g/mol. The summed E-state index contributed by atoms with van der Waals surface area (Å²) in [5.74, 6) is 0.510. The molecule has 2 aromatic rings. The quantitative estimate of drug-likeness (QED) is 0.280. The molecule has 274 valence electrons. The second-order valence-electron chi connectivity index (χ2n) is 14.6. The minimum atomic E-state index is -4.27. The molecule has 0 radical (unpaired) electrons. The highest BCUT2D eigenvalue weighted by atomic mass is 32.2. The Kier molecular flexibility index (Phi) is 11.2. The monoisotopic (exact) mass is 714 g/mol. The Morgan fingerprint density at radius 3 is 2.52 bits per heavy atom. The number of sulfonamides is 1. The number of carbonyl (C=O) groups excluding carboxylic acids is 2. The van der Waals surface area contributed by atoms with E-state index in [1.54, 1.807) is 0 Å². The highest BCUT2D eigenvalue weighted by Gasteiger charge is 2.47. The van der Waals surface area contributed by atoms with Crippen LogP contribution in [0.3, 0.4) is 0 Å². The Labute approximate surface area is 293 Å². The fourth-order valence-corrected chi connectivity index (χ4v) is 9.36. The molecule has 0 aromatic heterocycles. The van der Waals surface area contributed by atoms with Crippen molar-refractivity contribution >= 4 is 22.0 Å². The van der Waals surface area contributed by atoms with Crippen molar-refractivity contribution in [3.63, 3.8) is 0 Å². The summed E-state index contributed by atoms with van der Waals surface area (Å²) in [6.45, 7) is 4.23. The molecule has 3 heterocycles. The molecule has 1 saturated carbocycles. The molecule has 14 heteroatoms. The topological polar surface area (TPSA) is 167 Å². The van der Waals surface area contributed by atoms with Gasteiger partial charge in [0.25, 0.3) is 0 Å². The van der Waals surface area contributed by atoms with Crippen LogP contribution >= 0.6 is 0 Å². The molecule has 4 aliphatic rings.